The average Bonchev–Trinajstić information content (AvgIpc) is 2.66. The zero-order valence-electron chi connectivity index (χ0n) is 15.1. The molecule has 0 amide bonds. The summed E-state index contributed by atoms with van der Waals surface area (Å²) in [5.41, 5.74) is 8.28. The summed E-state index contributed by atoms with van der Waals surface area (Å²) in [5, 5.41) is 0. The lowest BCUT2D eigenvalue weighted by molar-refractivity contribution is -0.275. The number of hydrogen-bond acceptors (Lipinski definition) is 4. The second kappa shape index (κ2) is 8.23. The highest BCUT2D eigenvalue weighted by molar-refractivity contribution is 5.68. The Bertz CT molecular complexity index is 922. The monoisotopic (exact) mass is 428 g/mol. The second-order valence-electron chi connectivity index (χ2n) is 6.09. The van der Waals surface area contributed by atoms with Crippen molar-refractivity contribution in [1.82, 2.24) is 4.98 Å². The van der Waals surface area contributed by atoms with Crippen LogP contribution in [0.25, 0.3) is 22.5 Å². The molecule has 1 aromatic heterocycles. The lowest BCUT2D eigenvalue weighted by Crippen LogP contribution is -2.16. The van der Waals surface area contributed by atoms with Crippen molar-refractivity contribution in [3.05, 3.63) is 66.2 Å². The van der Waals surface area contributed by atoms with E-state index in [2.05, 4.69) is 14.5 Å². The Labute approximate surface area is 166 Å². The van der Waals surface area contributed by atoms with Crippen LogP contribution in [-0.2, 0) is 6.54 Å². The summed E-state index contributed by atoms with van der Waals surface area (Å²) in [5.74, 6) is -0.747. The SMILES string of the molecule is NCc1cc(-c2ccc(OC(F)(F)F)cc2)nc(-c2ccc(OC(F)(F)F)cc2)c1. The number of benzene rings is 2. The van der Waals surface area contributed by atoms with Crippen molar-refractivity contribution in [1.29, 1.82) is 0 Å². The molecule has 0 aliphatic heterocycles. The first kappa shape index (κ1) is 21.4. The van der Waals surface area contributed by atoms with Gasteiger partial charge >= 0.3 is 12.7 Å². The molecule has 4 nitrogen and oxygen atoms in total. The fraction of sp³-hybridized carbons (Fsp3) is 0.150. The quantitative estimate of drug-likeness (QED) is 0.532. The molecule has 0 fully saturated rings. The summed E-state index contributed by atoms with van der Waals surface area (Å²) in [4.78, 5) is 4.45. The fourth-order valence-corrected chi connectivity index (χ4v) is 2.66. The minimum atomic E-state index is -4.80. The molecular formula is C20H14F6N2O2. The van der Waals surface area contributed by atoms with Crippen LogP contribution in [-0.4, -0.2) is 17.7 Å². The number of hydrogen-bond donors (Lipinski definition) is 1. The summed E-state index contributed by atoms with van der Waals surface area (Å²) >= 11 is 0. The van der Waals surface area contributed by atoms with Crippen LogP contribution in [0, 0.1) is 0 Å². The largest absolute Gasteiger partial charge is 0.573 e. The van der Waals surface area contributed by atoms with Crippen molar-refractivity contribution in [3.63, 3.8) is 0 Å². The van der Waals surface area contributed by atoms with Gasteiger partial charge in [0.2, 0.25) is 0 Å². The van der Waals surface area contributed by atoms with Gasteiger partial charge in [-0.1, -0.05) is 0 Å². The average molecular weight is 428 g/mol. The van der Waals surface area contributed by atoms with Crippen LogP contribution in [0.15, 0.2) is 60.7 Å². The van der Waals surface area contributed by atoms with E-state index in [1.807, 2.05) is 0 Å². The standard InChI is InChI=1S/C20H14F6N2O2/c21-19(22,23)29-15-5-1-13(2-6-15)17-9-12(11-27)10-18(28-17)14-3-7-16(8-4-14)30-20(24,25)26/h1-10H,11,27H2. The number of aromatic nitrogens is 1. The van der Waals surface area contributed by atoms with Gasteiger partial charge in [0, 0.05) is 17.7 Å². The summed E-state index contributed by atoms with van der Waals surface area (Å²) in [7, 11) is 0. The molecule has 30 heavy (non-hydrogen) atoms. The summed E-state index contributed by atoms with van der Waals surface area (Å²) < 4.78 is 81.5. The van der Waals surface area contributed by atoms with Crippen LogP contribution in [0.5, 0.6) is 11.5 Å². The van der Waals surface area contributed by atoms with Gasteiger partial charge in [0.25, 0.3) is 0 Å². The van der Waals surface area contributed by atoms with Crippen LogP contribution >= 0.6 is 0 Å². The minimum Gasteiger partial charge on any atom is -0.406 e. The van der Waals surface area contributed by atoms with Crippen molar-refractivity contribution in [3.8, 4) is 34.0 Å². The Kier molecular flexibility index (Phi) is 5.88. The molecule has 0 spiro atoms. The van der Waals surface area contributed by atoms with Gasteiger partial charge in [-0.2, -0.15) is 0 Å². The van der Waals surface area contributed by atoms with Crippen LogP contribution in [0.2, 0.25) is 0 Å². The third kappa shape index (κ3) is 5.86. The molecule has 3 aromatic rings. The van der Waals surface area contributed by atoms with Gasteiger partial charge in [-0.05, 0) is 66.2 Å². The Hall–Kier alpha value is -3.27. The van der Waals surface area contributed by atoms with Crippen molar-refractivity contribution in [2.24, 2.45) is 5.73 Å². The Morgan fingerprint density at radius 3 is 1.33 bits per heavy atom. The highest BCUT2D eigenvalue weighted by Gasteiger charge is 2.31. The summed E-state index contributed by atoms with van der Waals surface area (Å²) in [6, 6.07) is 13.6. The first-order valence-corrected chi connectivity index (χ1v) is 8.46. The van der Waals surface area contributed by atoms with E-state index in [0.29, 0.717) is 28.1 Å². The van der Waals surface area contributed by atoms with Crippen LogP contribution in [0.1, 0.15) is 5.56 Å². The first-order chi connectivity index (χ1) is 14.0. The van der Waals surface area contributed by atoms with Gasteiger partial charge in [-0.15, -0.1) is 26.3 Å². The number of ether oxygens (including phenoxy) is 2. The molecule has 0 aliphatic rings. The summed E-state index contributed by atoms with van der Waals surface area (Å²) in [6.07, 6.45) is -9.59. The van der Waals surface area contributed by atoms with E-state index in [9.17, 15) is 26.3 Å². The van der Waals surface area contributed by atoms with E-state index in [1.165, 1.54) is 24.3 Å². The van der Waals surface area contributed by atoms with Gasteiger partial charge in [0.05, 0.1) is 11.4 Å². The lowest BCUT2D eigenvalue weighted by atomic mass is 10.0. The number of nitrogens with zero attached hydrogens (tertiary/aromatic N) is 1. The number of rotatable bonds is 5. The van der Waals surface area contributed by atoms with Crippen LogP contribution < -0.4 is 15.2 Å². The van der Waals surface area contributed by atoms with Gasteiger partial charge in [0.15, 0.2) is 0 Å². The molecule has 2 aromatic carbocycles. The third-order valence-corrected chi connectivity index (χ3v) is 3.89. The summed E-state index contributed by atoms with van der Waals surface area (Å²) in [6.45, 7) is 0.160. The number of nitrogens with two attached hydrogens (primary N) is 1. The molecule has 0 saturated carbocycles. The molecule has 2 N–H and O–H groups in total. The molecule has 0 bridgehead atoms. The van der Waals surface area contributed by atoms with Gasteiger partial charge in [-0.25, -0.2) is 4.98 Å². The van der Waals surface area contributed by atoms with Crippen molar-refractivity contribution < 1.29 is 35.8 Å². The van der Waals surface area contributed by atoms with E-state index in [-0.39, 0.29) is 18.0 Å². The van der Waals surface area contributed by atoms with E-state index in [4.69, 9.17) is 5.73 Å². The lowest BCUT2D eigenvalue weighted by Gasteiger charge is -2.12. The Morgan fingerprint density at radius 2 is 1.03 bits per heavy atom. The predicted octanol–water partition coefficient (Wildman–Crippen LogP) is 5.67. The van der Waals surface area contributed by atoms with Gasteiger partial charge < -0.3 is 15.2 Å². The topological polar surface area (TPSA) is 57.4 Å². The smallest absolute Gasteiger partial charge is 0.406 e. The van der Waals surface area contributed by atoms with Crippen LogP contribution in [0.3, 0.4) is 0 Å². The molecule has 0 atom stereocenters. The fourth-order valence-electron chi connectivity index (χ4n) is 2.66. The maximum atomic E-state index is 12.3. The molecule has 0 saturated heterocycles. The van der Waals surface area contributed by atoms with E-state index < -0.39 is 12.7 Å². The number of alkyl halides is 6. The Balaban J connectivity index is 1.90. The van der Waals surface area contributed by atoms with E-state index in [1.54, 1.807) is 12.1 Å². The molecule has 10 heteroatoms. The van der Waals surface area contributed by atoms with E-state index in [0.717, 1.165) is 24.3 Å². The number of halogens is 6. The Morgan fingerprint density at radius 1 is 0.667 bits per heavy atom. The molecule has 158 valence electrons. The van der Waals surface area contributed by atoms with E-state index >= 15 is 0 Å². The molecule has 3 rings (SSSR count). The zero-order chi connectivity index (χ0) is 21.9. The highest BCUT2D eigenvalue weighted by atomic mass is 19.4. The normalized spacial score (nSPS) is 12.0. The molecule has 0 radical (unpaired) electrons. The first-order valence-electron chi connectivity index (χ1n) is 8.46. The molecule has 0 aliphatic carbocycles. The van der Waals surface area contributed by atoms with Crippen molar-refractivity contribution in [2.75, 3.05) is 0 Å². The van der Waals surface area contributed by atoms with Crippen LogP contribution in [0.4, 0.5) is 26.3 Å². The number of pyridine rings is 1. The maximum absolute atomic E-state index is 12.3. The maximum Gasteiger partial charge on any atom is 0.573 e. The molecule has 0 unspecified atom stereocenters. The minimum absolute atomic E-state index is 0.160. The second-order valence-corrected chi connectivity index (χ2v) is 6.09. The molecule has 1 heterocycles. The van der Waals surface area contributed by atoms with Gasteiger partial charge in [0.1, 0.15) is 11.5 Å². The predicted molar refractivity (Wildman–Crippen MR) is 96.4 cm³/mol. The van der Waals surface area contributed by atoms with Crippen molar-refractivity contribution in [2.45, 2.75) is 19.3 Å². The molecular weight excluding hydrogens is 414 g/mol. The van der Waals surface area contributed by atoms with Gasteiger partial charge in [-0.3, -0.25) is 0 Å². The zero-order valence-corrected chi connectivity index (χ0v) is 15.1. The van der Waals surface area contributed by atoms with Crippen molar-refractivity contribution >= 4 is 0 Å². The third-order valence-electron chi connectivity index (χ3n) is 3.89. The highest BCUT2D eigenvalue weighted by Crippen LogP contribution is 2.30.